The molecule has 16 heavy (non-hydrogen) atoms. The number of hydrogen-bond donors (Lipinski definition) is 1. The van der Waals surface area contributed by atoms with Crippen molar-refractivity contribution in [3.63, 3.8) is 0 Å². The van der Waals surface area contributed by atoms with Gasteiger partial charge in [-0.05, 0) is 43.0 Å². The number of hydrogen-bond acceptors (Lipinski definition) is 2. The van der Waals surface area contributed by atoms with Gasteiger partial charge in [0.25, 0.3) is 0 Å². The van der Waals surface area contributed by atoms with Crippen LogP contribution in [0.5, 0.6) is 5.75 Å². The van der Waals surface area contributed by atoms with Gasteiger partial charge in [0.15, 0.2) is 0 Å². The number of halogens is 1. The summed E-state index contributed by atoms with van der Waals surface area (Å²) in [6, 6.07) is 4.12. The predicted octanol–water partition coefficient (Wildman–Crippen LogP) is 3.28. The molecule has 0 amide bonds. The van der Waals surface area contributed by atoms with E-state index in [1.807, 2.05) is 20.8 Å². The fraction of sp³-hybridized carbons (Fsp3) is 0.385. The zero-order chi connectivity index (χ0) is 12.1. The lowest BCUT2D eigenvalue weighted by Gasteiger charge is -2.13. The Morgan fingerprint density at radius 2 is 1.94 bits per heavy atom. The van der Waals surface area contributed by atoms with E-state index in [2.05, 4.69) is 12.1 Å². The SMILES string of the molecule is CC(=CCl)COc1c(C)cc(CN)cc1C. The highest BCUT2D eigenvalue weighted by Gasteiger charge is 2.06. The molecule has 0 bridgehead atoms. The van der Waals surface area contributed by atoms with Crippen LogP contribution in [-0.4, -0.2) is 6.61 Å². The molecule has 0 aliphatic carbocycles. The standard InChI is InChI=1S/C13H18ClNO/c1-9(6-14)8-16-13-10(2)4-12(7-15)5-11(13)3/h4-6H,7-8,15H2,1-3H3. The fourth-order valence-corrected chi connectivity index (χ4v) is 1.67. The van der Waals surface area contributed by atoms with Crippen LogP contribution in [0, 0.1) is 13.8 Å². The summed E-state index contributed by atoms with van der Waals surface area (Å²) >= 11 is 5.59. The molecule has 0 aromatic heterocycles. The molecular formula is C13H18ClNO. The first-order chi connectivity index (χ1) is 7.58. The van der Waals surface area contributed by atoms with Crippen LogP contribution in [0.15, 0.2) is 23.2 Å². The predicted molar refractivity (Wildman–Crippen MR) is 68.9 cm³/mol. The van der Waals surface area contributed by atoms with Crippen LogP contribution in [0.3, 0.4) is 0 Å². The normalized spacial score (nSPS) is 11.7. The van der Waals surface area contributed by atoms with E-state index in [0.29, 0.717) is 13.2 Å². The van der Waals surface area contributed by atoms with Gasteiger partial charge in [-0.3, -0.25) is 0 Å². The molecule has 0 aliphatic rings. The van der Waals surface area contributed by atoms with E-state index >= 15 is 0 Å². The molecule has 0 spiro atoms. The third kappa shape index (κ3) is 3.26. The number of ether oxygens (including phenoxy) is 1. The fourth-order valence-electron chi connectivity index (χ4n) is 1.60. The van der Waals surface area contributed by atoms with Gasteiger partial charge in [-0.25, -0.2) is 0 Å². The Morgan fingerprint density at radius 1 is 1.38 bits per heavy atom. The summed E-state index contributed by atoms with van der Waals surface area (Å²) in [6.07, 6.45) is 0. The molecule has 0 fully saturated rings. The van der Waals surface area contributed by atoms with Crippen molar-refractivity contribution in [1.82, 2.24) is 0 Å². The number of nitrogens with two attached hydrogens (primary N) is 1. The molecule has 0 unspecified atom stereocenters. The smallest absolute Gasteiger partial charge is 0.125 e. The van der Waals surface area contributed by atoms with Gasteiger partial charge >= 0.3 is 0 Å². The van der Waals surface area contributed by atoms with E-state index in [9.17, 15) is 0 Å². The lowest BCUT2D eigenvalue weighted by atomic mass is 10.1. The molecule has 2 N–H and O–H groups in total. The Labute approximate surface area is 102 Å². The average molecular weight is 240 g/mol. The molecule has 2 nitrogen and oxygen atoms in total. The maximum Gasteiger partial charge on any atom is 0.125 e. The summed E-state index contributed by atoms with van der Waals surface area (Å²) in [4.78, 5) is 0. The molecule has 0 heterocycles. The van der Waals surface area contributed by atoms with Crippen molar-refractivity contribution < 1.29 is 4.74 Å². The summed E-state index contributed by atoms with van der Waals surface area (Å²) < 4.78 is 5.73. The number of rotatable bonds is 4. The summed E-state index contributed by atoms with van der Waals surface area (Å²) in [5.74, 6) is 0.926. The monoisotopic (exact) mass is 239 g/mol. The van der Waals surface area contributed by atoms with Crippen molar-refractivity contribution in [1.29, 1.82) is 0 Å². The van der Waals surface area contributed by atoms with Crippen LogP contribution >= 0.6 is 11.6 Å². The topological polar surface area (TPSA) is 35.2 Å². The lowest BCUT2D eigenvalue weighted by Crippen LogP contribution is -2.04. The van der Waals surface area contributed by atoms with Crippen molar-refractivity contribution in [2.75, 3.05) is 6.61 Å². The molecule has 1 aromatic rings. The van der Waals surface area contributed by atoms with Crippen molar-refractivity contribution in [2.45, 2.75) is 27.3 Å². The Balaban J connectivity index is 2.88. The Morgan fingerprint density at radius 3 is 2.38 bits per heavy atom. The van der Waals surface area contributed by atoms with Crippen molar-refractivity contribution >= 4 is 11.6 Å². The van der Waals surface area contributed by atoms with Crippen LogP contribution in [0.25, 0.3) is 0 Å². The van der Waals surface area contributed by atoms with Crippen LogP contribution in [0.4, 0.5) is 0 Å². The second-order valence-corrected chi connectivity index (χ2v) is 4.23. The molecule has 1 aromatic carbocycles. The third-order valence-corrected chi connectivity index (χ3v) is 2.76. The van der Waals surface area contributed by atoms with E-state index < -0.39 is 0 Å². The minimum Gasteiger partial charge on any atom is -0.489 e. The van der Waals surface area contributed by atoms with E-state index in [4.69, 9.17) is 22.1 Å². The summed E-state index contributed by atoms with van der Waals surface area (Å²) in [5.41, 5.74) is 11.5. The van der Waals surface area contributed by atoms with Crippen LogP contribution in [-0.2, 0) is 6.54 Å². The lowest BCUT2D eigenvalue weighted by molar-refractivity contribution is 0.347. The van der Waals surface area contributed by atoms with Gasteiger partial charge in [-0.15, -0.1) is 0 Å². The van der Waals surface area contributed by atoms with Crippen molar-refractivity contribution in [3.05, 3.63) is 39.9 Å². The van der Waals surface area contributed by atoms with Gasteiger partial charge in [0.05, 0.1) is 0 Å². The van der Waals surface area contributed by atoms with E-state index in [1.165, 1.54) is 0 Å². The largest absolute Gasteiger partial charge is 0.489 e. The van der Waals surface area contributed by atoms with Gasteiger partial charge in [0.2, 0.25) is 0 Å². The molecule has 0 atom stereocenters. The Kier molecular flexibility index (Phi) is 4.84. The summed E-state index contributed by atoms with van der Waals surface area (Å²) in [5, 5.41) is 0. The van der Waals surface area contributed by atoms with Gasteiger partial charge in [-0.1, -0.05) is 23.7 Å². The average Bonchev–Trinajstić information content (AvgIpc) is 2.27. The molecule has 0 aliphatic heterocycles. The Hall–Kier alpha value is -0.990. The summed E-state index contributed by atoms with van der Waals surface area (Å²) in [7, 11) is 0. The van der Waals surface area contributed by atoms with Crippen LogP contribution < -0.4 is 10.5 Å². The second kappa shape index (κ2) is 5.92. The first-order valence-corrected chi connectivity index (χ1v) is 5.71. The highest BCUT2D eigenvalue weighted by molar-refractivity contribution is 6.25. The highest BCUT2D eigenvalue weighted by atomic mass is 35.5. The van der Waals surface area contributed by atoms with Gasteiger partial charge in [-0.2, -0.15) is 0 Å². The molecular weight excluding hydrogens is 222 g/mol. The van der Waals surface area contributed by atoms with Crippen molar-refractivity contribution in [3.8, 4) is 5.75 Å². The molecule has 0 radical (unpaired) electrons. The zero-order valence-corrected chi connectivity index (χ0v) is 10.8. The molecule has 0 saturated carbocycles. The van der Waals surface area contributed by atoms with Gasteiger partial charge in [0.1, 0.15) is 12.4 Å². The maximum absolute atomic E-state index is 5.73. The second-order valence-electron chi connectivity index (χ2n) is 4.01. The first kappa shape index (κ1) is 13.1. The maximum atomic E-state index is 5.73. The van der Waals surface area contributed by atoms with E-state index in [-0.39, 0.29) is 0 Å². The molecule has 88 valence electrons. The Bertz CT molecular complexity index is 376. The van der Waals surface area contributed by atoms with E-state index in [1.54, 1.807) is 5.54 Å². The van der Waals surface area contributed by atoms with Crippen LogP contribution in [0.1, 0.15) is 23.6 Å². The summed E-state index contributed by atoms with van der Waals surface area (Å²) in [6.45, 7) is 7.07. The molecule has 0 saturated heterocycles. The number of benzene rings is 1. The van der Waals surface area contributed by atoms with Gasteiger partial charge < -0.3 is 10.5 Å². The minimum absolute atomic E-state index is 0.521. The van der Waals surface area contributed by atoms with Crippen LogP contribution in [0.2, 0.25) is 0 Å². The number of aryl methyl sites for hydroxylation is 2. The highest BCUT2D eigenvalue weighted by Crippen LogP contribution is 2.25. The molecule has 3 heteroatoms. The van der Waals surface area contributed by atoms with E-state index in [0.717, 1.165) is 28.0 Å². The molecule has 1 rings (SSSR count). The minimum atomic E-state index is 0.521. The zero-order valence-electron chi connectivity index (χ0n) is 10.0. The first-order valence-electron chi connectivity index (χ1n) is 5.27. The quantitative estimate of drug-likeness (QED) is 0.875. The van der Waals surface area contributed by atoms with Crippen molar-refractivity contribution in [2.24, 2.45) is 5.73 Å². The third-order valence-electron chi connectivity index (χ3n) is 2.39. The van der Waals surface area contributed by atoms with Gasteiger partial charge in [0, 0.05) is 12.1 Å².